The fraction of sp³-hybridized carbons (Fsp3) is 0.368. The Morgan fingerprint density at radius 3 is 2.38 bits per heavy atom. The van der Waals surface area contributed by atoms with Crippen molar-refractivity contribution >= 4 is 0 Å². The van der Waals surface area contributed by atoms with Gasteiger partial charge in [0.15, 0.2) is 0 Å². The van der Waals surface area contributed by atoms with E-state index in [9.17, 15) is 0 Å². The Bertz CT molecular complexity index is 617. The average Bonchev–Trinajstić information content (AvgIpc) is 2.47. The standard InChI is InChI=1S/C19H25NO/c1-13(2)20-12-17-11-18(21-5)8-9-19(17)16-7-6-14(3)15(4)10-16/h6-11,13,20H,12H2,1-5H3. The van der Waals surface area contributed by atoms with Gasteiger partial charge in [-0.3, -0.25) is 0 Å². The summed E-state index contributed by atoms with van der Waals surface area (Å²) in [5, 5.41) is 3.49. The SMILES string of the molecule is COc1ccc(-c2ccc(C)c(C)c2)c(CNC(C)C)c1. The molecule has 0 fully saturated rings. The van der Waals surface area contributed by atoms with Crippen LogP contribution in [0.4, 0.5) is 0 Å². The minimum atomic E-state index is 0.462. The lowest BCUT2D eigenvalue weighted by Gasteiger charge is -2.15. The molecule has 21 heavy (non-hydrogen) atoms. The maximum absolute atomic E-state index is 5.37. The Kier molecular flexibility index (Phi) is 5.03. The molecule has 2 rings (SSSR count). The van der Waals surface area contributed by atoms with Crippen molar-refractivity contribution in [2.75, 3.05) is 7.11 Å². The maximum Gasteiger partial charge on any atom is 0.119 e. The van der Waals surface area contributed by atoms with Crippen molar-refractivity contribution < 1.29 is 4.74 Å². The van der Waals surface area contributed by atoms with Gasteiger partial charge in [-0.1, -0.05) is 38.1 Å². The van der Waals surface area contributed by atoms with Gasteiger partial charge in [-0.2, -0.15) is 0 Å². The summed E-state index contributed by atoms with van der Waals surface area (Å²) in [5.41, 5.74) is 6.46. The predicted octanol–water partition coefficient (Wildman–Crippen LogP) is 4.48. The highest BCUT2D eigenvalue weighted by molar-refractivity contribution is 5.69. The second kappa shape index (κ2) is 6.77. The second-order valence-electron chi connectivity index (χ2n) is 5.86. The van der Waals surface area contributed by atoms with Gasteiger partial charge in [0, 0.05) is 12.6 Å². The third-order valence-electron chi connectivity index (χ3n) is 3.83. The van der Waals surface area contributed by atoms with E-state index in [1.54, 1.807) is 7.11 Å². The molecule has 0 radical (unpaired) electrons. The van der Waals surface area contributed by atoms with E-state index < -0.39 is 0 Å². The third-order valence-corrected chi connectivity index (χ3v) is 3.83. The van der Waals surface area contributed by atoms with Crippen LogP contribution in [-0.4, -0.2) is 13.2 Å². The first kappa shape index (κ1) is 15.6. The first-order valence-corrected chi connectivity index (χ1v) is 7.49. The maximum atomic E-state index is 5.37. The van der Waals surface area contributed by atoms with Crippen LogP contribution in [0.15, 0.2) is 36.4 Å². The van der Waals surface area contributed by atoms with E-state index in [0.717, 1.165) is 12.3 Å². The highest BCUT2D eigenvalue weighted by Crippen LogP contribution is 2.29. The van der Waals surface area contributed by atoms with Gasteiger partial charge in [-0.15, -0.1) is 0 Å². The predicted molar refractivity (Wildman–Crippen MR) is 89.9 cm³/mol. The second-order valence-corrected chi connectivity index (χ2v) is 5.86. The molecule has 112 valence electrons. The van der Waals surface area contributed by atoms with Gasteiger partial charge >= 0.3 is 0 Å². The number of rotatable bonds is 5. The summed E-state index contributed by atoms with van der Waals surface area (Å²) in [4.78, 5) is 0. The number of aryl methyl sites for hydroxylation is 2. The lowest BCUT2D eigenvalue weighted by atomic mass is 9.96. The zero-order valence-corrected chi connectivity index (χ0v) is 13.7. The quantitative estimate of drug-likeness (QED) is 0.873. The topological polar surface area (TPSA) is 21.3 Å². The molecule has 0 aliphatic carbocycles. The molecule has 1 N–H and O–H groups in total. The summed E-state index contributed by atoms with van der Waals surface area (Å²) in [6, 6.07) is 13.4. The van der Waals surface area contributed by atoms with Crippen LogP contribution in [0.25, 0.3) is 11.1 Å². The van der Waals surface area contributed by atoms with Crippen LogP contribution in [0.1, 0.15) is 30.5 Å². The van der Waals surface area contributed by atoms with E-state index in [0.29, 0.717) is 6.04 Å². The fourth-order valence-electron chi connectivity index (χ4n) is 2.35. The summed E-state index contributed by atoms with van der Waals surface area (Å²) in [6.45, 7) is 9.48. The van der Waals surface area contributed by atoms with Crippen LogP contribution >= 0.6 is 0 Å². The van der Waals surface area contributed by atoms with Crippen LogP contribution in [0.3, 0.4) is 0 Å². The molecule has 2 aromatic rings. The van der Waals surface area contributed by atoms with Crippen molar-refractivity contribution in [3.05, 3.63) is 53.1 Å². The monoisotopic (exact) mass is 283 g/mol. The van der Waals surface area contributed by atoms with Gasteiger partial charge in [0.25, 0.3) is 0 Å². The van der Waals surface area contributed by atoms with E-state index in [-0.39, 0.29) is 0 Å². The van der Waals surface area contributed by atoms with Crippen LogP contribution in [0.5, 0.6) is 5.75 Å². The van der Waals surface area contributed by atoms with Crippen LogP contribution in [-0.2, 0) is 6.54 Å². The Morgan fingerprint density at radius 2 is 1.76 bits per heavy atom. The van der Waals surface area contributed by atoms with Crippen LogP contribution in [0, 0.1) is 13.8 Å². The molecular formula is C19H25NO. The molecule has 0 amide bonds. The number of methoxy groups -OCH3 is 1. The fourth-order valence-corrected chi connectivity index (χ4v) is 2.35. The summed E-state index contributed by atoms with van der Waals surface area (Å²) < 4.78 is 5.37. The number of nitrogens with one attached hydrogen (secondary N) is 1. The first-order chi connectivity index (χ1) is 10.0. The third kappa shape index (κ3) is 3.85. The summed E-state index contributed by atoms with van der Waals surface area (Å²) >= 11 is 0. The molecular weight excluding hydrogens is 258 g/mol. The van der Waals surface area contributed by atoms with Crippen molar-refractivity contribution in [1.82, 2.24) is 5.32 Å². The van der Waals surface area contributed by atoms with Gasteiger partial charge in [0.05, 0.1) is 7.11 Å². The van der Waals surface area contributed by atoms with E-state index in [1.807, 2.05) is 6.07 Å². The number of hydrogen-bond donors (Lipinski definition) is 1. The first-order valence-electron chi connectivity index (χ1n) is 7.49. The van der Waals surface area contributed by atoms with Gasteiger partial charge in [-0.25, -0.2) is 0 Å². The van der Waals surface area contributed by atoms with E-state index >= 15 is 0 Å². The molecule has 0 aliphatic heterocycles. The van der Waals surface area contributed by atoms with Crippen molar-refractivity contribution in [3.8, 4) is 16.9 Å². The molecule has 0 spiro atoms. The molecule has 0 aliphatic rings. The Morgan fingerprint density at radius 1 is 1.00 bits per heavy atom. The largest absolute Gasteiger partial charge is 0.497 e. The molecule has 0 heterocycles. The van der Waals surface area contributed by atoms with Crippen LogP contribution < -0.4 is 10.1 Å². The molecule has 0 unspecified atom stereocenters. The molecule has 0 atom stereocenters. The van der Waals surface area contributed by atoms with E-state index in [4.69, 9.17) is 4.74 Å². The average molecular weight is 283 g/mol. The van der Waals surface area contributed by atoms with Crippen molar-refractivity contribution in [2.45, 2.75) is 40.3 Å². The Hall–Kier alpha value is -1.80. The zero-order chi connectivity index (χ0) is 15.4. The Labute approximate surface area is 128 Å². The summed E-state index contributed by atoms with van der Waals surface area (Å²) in [5.74, 6) is 0.906. The molecule has 0 saturated carbocycles. The zero-order valence-electron chi connectivity index (χ0n) is 13.7. The molecule has 0 bridgehead atoms. The number of hydrogen-bond acceptors (Lipinski definition) is 2. The normalized spacial score (nSPS) is 11.0. The van der Waals surface area contributed by atoms with Crippen molar-refractivity contribution in [3.63, 3.8) is 0 Å². The van der Waals surface area contributed by atoms with Gasteiger partial charge in [0.1, 0.15) is 5.75 Å². The molecule has 2 aromatic carbocycles. The highest BCUT2D eigenvalue weighted by Gasteiger charge is 2.08. The molecule has 0 aromatic heterocycles. The van der Waals surface area contributed by atoms with E-state index in [2.05, 4.69) is 63.3 Å². The summed E-state index contributed by atoms with van der Waals surface area (Å²) in [6.07, 6.45) is 0. The van der Waals surface area contributed by atoms with E-state index in [1.165, 1.54) is 27.8 Å². The van der Waals surface area contributed by atoms with Crippen molar-refractivity contribution in [2.24, 2.45) is 0 Å². The minimum absolute atomic E-state index is 0.462. The lowest BCUT2D eigenvalue weighted by molar-refractivity contribution is 0.414. The van der Waals surface area contributed by atoms with Gasteiger partial charge < -0.3 is 10.1 Å². The highest BCUT2D eigenvalue weighted by atomic mass is 16.5. The minimum Gasteiger partial charge on any atom is -0.497 e. The summed E-state index contributed by atoms with van der Waals surface area (Å²) in [7, 11) is 1.71. The molecule has 0 saturated heterocycles. The van der Waals surface area contributed by atoms with Crippen LogP contribution in [0.2, 0.25) is 0 Å². The van der Waals surface area contributed by atoms with Gasteiger partial charge in [0.2, 0.25) is 0 Å². The molecule has 2 nitrogen and oxygen atoms in total. The lowest BCUT2D eigenvalue weighted by Crippen LogP contribution is -2.22. The Balaban J connectivity index is 2.42. The number of benzene rings is 2. The smallest absolute Gasteiger partial charge is 0.119 e. The van der Waals surface area contributed by atoms with Crippen molar-refractivity contribution in [1.29, 1.82) is 0 Å². The van der Waals surface area contributed by atoms with Gasteiger partial charge in [-0.05, 0) is 53.8 Å². The molecule has 2 heteroatoms. The number of ether oxygens (including phenoxy) is 1.